The molecule has 2 saturated heterocycles. The van der Waals surface area contributed by atoms with Gasteiger partial charge >= 0.3 is 0 Å². The molecule has 0 atom stereocenters. The maximum atomic E-state index is 6.28. The molecule has 3 heterocycles. The maximum Gasteiger partial charge on any atom is 0.0833 e. The van der Waals surface area contributed by atoms with Crippen LogP contribution in [0.4, 0.5) is 0 Å². The summed E-state index contributed by atoms with van der Waals surface area (Å²) in [7, 11) is 0. The van der Waals surface area contributed by atoms with Crippen LogP contribution >= 0.6 is 11.3 Å². The maximum absolute atomic E-state index is 6.28. The molecule has 0 N–H and O–H groups in total. The average molecular weight is 358 g/mol. The lowest BCUT2D eigenvalue weighted by atomic mass is 9.89. The normalized spacial score (nSPS) is 21.6. The SMILES string of the molecule is c1ccc(CCN2CCC3(CC2)CN(Cc2cscn2)CCO3)cc1. The molecule has 2 aromatic rings. The second kappa shape index (κ2) is 7.96. The van der Waals surface area contributed by atoms with Gasteiger partial charge in [0.25, 0.3) is 0 Å². The van der Waals surface area contributed by atoms with Crippen molar-refractivity contribution in [1.82, 2.24) is 14.8 Å². The van der Waals surface area contributed by atoms with Gasteiger partial charge in [-0.25, -0.2) is 4.98 Å². The molecule has 1 aromatic carbocycles. The summed E-state index contributed by atoms with van der Waals surface area (Å²) in [6.07, 6.45) is 3.44. The Labute approximate surface area is 154 Å². The van der Waals surface area contributed by atoms with E-state index in [1.54, 1.807) is 11.3 Å². The second-order valence-corrected chi connectivity index (χ2v) is 8.02. The van der Waals surface area contributed by atoms with Gasteiger partial charge in [0.15, 0.2) is 0 Å². The highest BCUT2D eigenvalue weighted by atomic mass is 32.1. The largest absolute Gasteiger partial charge is 0.372 e. The first kappa shape index (κ1) is 17.2. The number of ether oxygens (including phenoxy) is 1. The zero-order valence-electron chi connectivity index (χ0n) is 14.8. The molecule has 0 amide bonds. The van der Waals surface area contributed by atoms with Crippen LogP contribution in [0.1, 0.15) is 24.1 Å². The Bertz CT molecular complexity index is 638. The third-order valence-corrected chi connectivity index (χ3v) is 6.16. The minimum atomic E-state index is 0.0670. The van der Waals surface area contributed by atoms with Gasteiger partial charge in [0, 0.05) is 44.6 Å². The highest BCUT2D eigenvalue weighted by molar-refractivity contribution is 7.07. The highest BCUT2D eigenvalue weighted by Crippen LogP contribution is 2.30. The monoisotopic (exact) mass is 357 g/mol. The number of benzene rings is 1. The lowest BCUT2D eigenvalue weighted by Crippen LogP contribution is -2.56. The molecule has 2 aliphatic heterocycles. The second-order valence-electron chi connectivity index (χ2n) is 7.30. The van der Waals surface area contributed by atoms with E-state index in [-0.39, 0.29) is 5.60 Å². The van der Waals surface area contributed by atoms with Crippen molar-refractivity contribution in [1.29, 1.82) is 0 Å². The number of hydrogen-bond acceptors (Lipinski definition) is 5. The van der Waals surface area contributed by atoms with E-state index in [1.807, 2.05) is 5.51 Å². The minimum Gasteiger partial charge on any atom is -0.372 e. The Morgan fingerprint density at radius 1 is 1.08 bits per heavy atom. The molecule has 134 valence electrons. The van der Waals surface area contributed by atoms with Crippen LogP contribution < -0.4 is 0 Å². The summed E-state index contributed by atoms with van der Waals surface area (Å²) in [6, 6.07) is 10.8. The summed E-state index contributed by atoms with van der Waals surface area (Å²) < 4.78 is 6.28. The Hall–Kier alpha value is -1.27. The van der Waals surface area contributed by atoms with Crippen LogP contribution in [0.2, 0.25) is 0 Å². The number of rotatable bonds is 5. The zero-order valence-corrected chi connectivity index (χ0v) is 15.6. The molecular formula is C20H27N3OS. The van der Waals surface area contributed by atoms with Gasteiger partial charge < -0.3 is 9.64 Å². The van der Waals surface area contributed by atoms with Crippen molar-refractivity contribution >= 4 is 11.3 Å². The Kier molecular flexibility index (Phi) is 5.46. The summed E-state index contributed by atoms with van der Waals surface area (Å²) in [4.78, 5) is 9.56. The van der Waals surface area contributed by atoms with E-state index >= 15 is 0 Å². The van der Waals surface area contributed by atoms with E-state index in [9.17, 15) is 0 Å². The average Bonchev–Trinajstić information content (AvgIpc) is 3.15. The third kappa shape index (κ3) is 4.47. The number of likely N-dealkylation sites (tertiary alicyclic amines) is 1. The van der Waals surface area contributed by atoms with Crippen molar-refractivity contribution in [2.45, 2.75) is 31.4 Å². The molecule has 1 aromatic heterocycles. The molecule has 0 aliphatic carbocycles. The molecular weight excluding hydrogens is 330 g/mol. The fraction of sp³-hybridized carbons (Fsp3) is 0.550. The molecule has 25 heavy (non-hydrogen) atoms. The first-order valence-electron chi connectivity index (χ1n) is 9.31. The van der Waals surface area contributed by atoms with Crippen LogP contribution in [0.5, 0.6) is 0 Å². The van der Waals surface area contributed by atoms with Gasteiger partial charge in [0.05, 0.1) is 23.4 Å². The van der Waals surface area contributed by atoms with E-state index in [2.05, 4.69) is 50.5 Å². The van der Waals surface area contributed by atoms with Gasteiger partial charge in [-0.15, -0.1) is 11.3 Å². The minimum absolute atomic E-state index is 0.0670. The number of thiazole rings is 1. The van der Waals surface area contributed by atoms with E-state index in [1.165, 1.54) is 11.3 Å². The number of hydrogen-bond donors (Lipinski definition) is 0. The number of nitrogens with zero attached hydrogens (tertiary/aromatic N) is 3. The predicted molar refractivity (Wildman–Crippen MR) is 102 cm³/mol. The van der Waals surface area contributed by atoms with E-state index in [0.717, 1.165) is 65.1 Å². The highest BCUT2D eigenvalue weighted by Gasteiger charge is 2.39. The van der Waals surface area contributed by atoms with Gasteiger partial charge in [-0.2, -0.15) is 0 Å². The Morgan fingerprint density at radius 3 is 2.68 bits per heavy atom. The lowest BCUT2D eigenvalue weighted by molar-refractivity contribution is -0.137. The molecule has 0 unspecified atom stereocenters. The third-order valence-electron chi connectivity index (χ3n) is 5.52. The fourth-order valence-electron chi connectivity index (χ4n) is 4.02. The van der Waals surface area contributed by atoms with Crippen LogP contribution in [0, 0.1) is 0 Å². The van der Waals surface area contributed by atoms with E-state index < -0.39 is 0 Å². The van der Waals surface area contributed by atoms with Crippen LogP contribution in [0.15, 0.2) is 41.2 Å². The molecule has 4 nitrogen and oxygen atoms in total. The van der Waals surface area contributed by atoms with Crippen molar-refractivity contribution in [3.63, 3.8) is 0 Å². The van der Waals surface area contributed by atoms with E-state index in [0.29, 0.717) is 0 Å². The van der Waals surface area contributed by atoms with Crippen LogP contribution in [-0.4, -0.2) is 59.7 Å². The quantitative estimate of drug-likeness (QED) is 0.822. The van der Waals surface area contributed by atoms with Crippen molar-refractivity contribution < 1.29 is 4.74 Å². The van der Waals surface area contributed by atoms with Gasteiger partial charge in [-0.3, -0.25) is 4.90 Å². The smallest absolute Gasteiger partial charge is 0.0833 e. The van der Waals surface area contributed by atoms with Gasteiger partial charge in [0.1, 0.15) is 0 Å². The van der Waals surface area contributed by atoms with Crippen LogP contribution in [-0.2, 0) is 17.7 Å². The van der Waals surface area contributed by atoms with E-state index in [4.69, 9.17) is 4.74 Å². The standard InChI is InChI=1S/C20H27N3OS/c1-2-4-18(5-3-1)6-9-22-10-7-20(8-11-22)16-23(12-13-24-20)14-19-15-25-17-21-19/h1-5,15,17H,6-14,16H2. The molecule has 0 saturated carbocycles. The number of morpholine rings is 1. The Morgan fingerprint density at radius 2 is 1.92 bits per heavy atom. The number of aromatic nitrogens is 1. The van der Waals surface area contributed by atoms with Crippen LogP contribution in [0.25, 0.3) is 0 Å². The van der Waals surface area contributed by atoms with Gasteiger partial charge in [-0.1, -0.05) is 30.3 Å². The summed E-state index contributed by atoms with van der Waals surface area (Å²) >= 11 is 1.68. The van der Waals surface area contributed by atoms with Crippen molar-refractivity contribution in [2.75, 3.05) is 39.3 Å². The summed E-state index contributed by atoms with van der Waals surface area (Å²) in [5, 5.41) is 2.16. The topological polar surface area (TPSA) is 28.6 Å². The van der Waals surface area contributed by atoms with Crippen LogP contribution in [0.3, 0.4) is 0 Å². The summed E-state index contributed by atoms with van der Waals surface area (Å²) in [6.45, 7) is 7.35. The molecule has 0 bridgehead atoms. The molecule has 4 rings (SSSR count). The number of piperidine rings is 1. The van der Waals surface area contributed by atoms with Crippen molar-refractivity contribution in [3.05, 3.63) is 52.5 Å². The molecule has 2 aliphatic rings. The Balaban J connectivity index is 1.27. The first-order chi connectivity index (χ1) is 12.3. The van der Waals surface area contributed by atoms with Gasteiger partial charge in [-0.05, 0) is 24.8 Å². The zero-order chi connectivity index (χ0) is 17.0. The predicted octanol–water partition coefficient (Wildman–Crippen LogP) is 3.05. The first-order valence-corrected chi connectivity index (χ1v) is 10.3. The molecule has 5 heteroatoms. The van der Waals surface area contributed by atoms with Crippen molar-refractivity contribution in [3.8, 4) is 0 Å². The molecule has 0 radical (unpaired) electrons. The summed E-state index contributed by atoms with van der Waals surface area (Å²) in [5.41, 5.74) is 4.63. The van der Waals surface area contributed by atoms with Crippen molar-refractivity contribution in [2.24, 2.45) is 0 Å². The fourth-order valence-corrected chi connectivity index (χ4v) is 4.57. The van der Waals surface area contributed by atoms with Gasteiger partial charge in [0.2, 0.25) is 0 Å². The molecule has 2 fully saturated rings. The summed E-state index contributed by atoms with van der Waals surface area (Å²) in [5.74, 6) is 0. The molecule has 1 spiro atoms. The lowest BCUT2D eigenvalue weighted by Gasteiger charge is -2.47.